The molecule has 0 unspecified atom stereocenters. The zero-order chi connectivity index (χ0) is 20.4. The Morgan fingerprint density at radius 3 is 2.48 bits per heavy atom. The van der Waals surface area contributed by atoms with Crippen LogP contribution in [0.3, 0.4) is 0 Å². The smallest absolute Gasteiger partial charge is 0.274 e. The molecule has 2 rings (SSSR count). The first-order valence-electron chi connectivity index (χ1n) is 7.59. The van der Waals surface area contributed by atoms with Gasteiger partial charge in [-0.1, -0.05) is 13.8 Å². The molecule has 146 valence electrons. The summed E-state index contributed by atoms with van der Waals surface area (Å²) in [7, 11) is -3.53. The summed E-state index contributed by atoms with van der Waals surface area (Å²) in [4.78, 5) is 8.87. The van der Waals surface area contributed by atoms with E-state index < -0.39 is 27.3 Å². The minimum Gasteiger partial charge on any atom is -0.274 e. The lowest BCUT2D eigenvalue weighted by Gasteiger charge is -2.11. The van der Waals surface area contributed by atoms with Gasteiger partial charge in [-0.15, -0.1) is 0 Å². The van der Waals surface area contributed by atoms with E-state index in [9.17, 15) is 26.9 Å². The number of sulfone groups is 1. The highest BCUT2D eigenvalue weighted by Crippen LogP contribution is 2.35. The molecule has 0 bridgehead atoms. The van der Waals surface area contributed by atoms with Crippen molar-refractivity contribution in [1.29, 1.82) is 5.26 Å². The van der Waals surface area contributed by atoms with Gasteiger partial charge < -0.3 is 0 Å². The number of anilines is 1. The molecule has 2 aromatic heterocycles. The zero-order valence-electron chi connectivity index (χ0n) is 14.6. The predicted octanol–water partition coefficient (Wildman–Crippen LogP) is 2.56. The van der Waals surface area contributed by atoms with Gasteiger partial charge in [0.05, 0.1) is 11.5 Å². The maximum atomic E-state index is 13.2. The van der Waals surface area contributed by atoms with Crippen molar-refractivity contribution in [3.05, 3.63) is 29.6 Å². The van der Waals surface area contributed by atoms with Gasteiger partial charge in [0, 0.05) is 12.5 Å². The SMILES string of the molecule is CC(C)CONc1c(C#N)c(C(F)(F)F)nn1-c1ccc(S(C)(=O)=O)cn1. The summed E-state index contributed by atoms with van der Waals surface area (Å²) in [5.41, 5.74) is 0.148. The minimum absolute atomic E-state index is 0.0775. The van der Waals surface area contributed by atoms with Crippen molar-refractivity contribution in [2.24, 2.45) is 5.92 Å². The number of pyridine rings is 1. The van der Waals surface area contributed by atoms with E-state index in [1.54, 1.807) is 0 Å². The molecule has 0 spiro atoms. The van der Waals surface area contributed by atoms with Crippen molar-refractivity contribution >= 4 is 15.7 Å². The third kappa shape index (κ3) is 4.75. The van der Waals surface area contributed by atoms with Gasteiger partial charge in [-0.3, -0.25) is 4.84 Å². The van der Waals surface area contributed by atoms with Crippen LogP contribution in [0.2, 0.25) is 0 Å². The molecule has 27 heavy (non-hydrogen) atoms. The Hall–Kier alpha value is -2.65. The molecule has 0 amide bonds. The van der Waals surface area contributed by atoms with Gasteiger partial charge in [0.2, 0.25) is 0 Å². The first-order valence-corrected chi connectivity index (χ1v) is 9.49. The monoisotopic (exact) mass is 403 g/mol. The second-order valence-corrected chi connectivity index (χ2v) is 8.04. The largest absolute Gasteiger partial charge is 0.436 e. The summed E-state index contributed by atoms with van der Waals surface area (Å²) in [6.07, 6.45) is -2.91. The number of nitriles is 1. The maximum absolute atomic E-state index is 13.2. The third-order valence-electron chi connectivity index (χ3n) is 3.22. The van der Waals surface area contributed by atoms with Crippen LogP contribution in [0.5, 0.6) is 0 Å². The molecule has 0 aliphatic carbocycles. The van der Waals surface area contributed by atoms with Gasteiger partial charge >= 0.3 is 6.18 Å². The van der Waals surface area contributed by atoms with Crippen LogP contribution < -0.4 is 5.48 Å². The van der Waals surface area contributed by atoms with Crippen molar-refractivity contribution in [2.75, 3.05) is 18.3 Å². The highest BCUT2D eigenvalue weighted by atomic mass is 32.2. The van der Waals surface area contributed by atoms with Crippen LogP contribution in [-0.2, 0) is 20.9 Å². The van der Waals surface area contributed by atoms with Crippen molar-refractivity contribution in [3.8, 4) is 11.9 Å². The quantitative estimate of drug-likeness (QED) is 0.738. The Morgan fingerprint density at radius 2 is 2.04 bits per heavy atom. The van der Waals surface area contributed by atoms with Crippen molar-refractivity contribution < 1.29 is 26.4 Å². The normalized spacial score (nSPS) is 12.2. The first-order chi connectivity index (χ1) is 12.4. The van der Waals surface area contributed by atoms with Gasteiger partial charge in [0.25, 0.3) is 0 Å². The number of aromatic nitrogens is 3. The fraction of sp³-hybridized carbons (Fsp3) is 0.400. The molecular formula is C15H16F3N5O3S. The average Bonchev–Trinajstić information content (AvgIpc) is 2.92. The number of rotatable bonds is 6. The predicted molar refractivity (Wildman–Crippen MR) is 88.6 cm³/mol. The first kappa shape index (κ1) is 20.7. The van der Waals surface area contributed by atoms with Crippen LogP contribution in [0, 0.1) is 17.2 Å². The summed E-state index contributed by atoms with van der Waals surface area (Å²) in [6.45, 7) is 3.82. The summed E-state index contributed by atoms with van der Waals surface area (Å²) in [5.74, 6) is -0.399. The van der Waals surface area contributed by atoms with Gasteiger partial charge in [-0.25, -0.2) is 18.9 Å². The lowest BCUT2D eigenvalue weighted by Crippen LogP contribution is -2.12. The summed E-state index contributed by atoms with van der Waals surface area (Å²) >= 11 is 0. The molecule has 0 saturated carbocycles. The minimum atomic E-state index is -4.88. The fourth-order valence-corrected chi connectivity index (χ4v) is 2.54. The van der Waals surface area contributed by atoms with Crippen LogP contribution in [-0.4, -0.2) is 36.0 Å². The van der Waals surface area contributed by atoms with Gasteiger partial charge in [-0.2, -0.15) is 28.2 Å². The molecule has 0 fully saturated rings. The van der Waals surface area contributed by atoms with Crippen LogP contribution in [0.4, 0.5) is 19.0 Å². The van der Waals surface area contributed by atoms with Gasteiger partial charge in [0.15, 0.2) is 27.2 Å². The van der Waals surface area contributed by atoms with Gasteiger partial charge in [-0.05, 0) is 18.1 Å². The number of hydrogen-bond donors (Lipinski definition) is 1. The molecule has 0 atom stereocenters. The molecule has 1 N–H and O–H groups in total. The number of hydrogen-bond acceptors (Lipinski definition) is 7. The lowest BCUT2D eigenvalue weighted by molar-refractivity contribution is -0.141. The number of nitrogens with zero attached hydrogens (tertiary/aromatic N) is 4. The Morgan fingerprint density at radius 1 is 1.37 bits per heavy atom. The number of nitrogens with one attached hydrogen (secondary N) is 1. The Balaban J connectivity index is 2.56. The average molecular weight is 403 g/mol. The highest BCUT2D eigenvalue weighted by molar-refractivity contribution is 7.90. The molecule has 0 aliphatic rings. The number of alkyl halides is 3. The van der Waals surface area contributed by atoms with Gasteiger partial charge in [0.1, 0.15) is 11.6 Å². The summed E-state index contributed by atoms with van der Waals surface area (Å²) in [5, 5.41) is 12.6. The standard InChI is InChI=1S/C15H16F3N5O3S/c1-9(2)8-26-22-14-11(6-19)13(15(16,17)18)21-23(14)12-5-4-10(7-20-12)27(3,24)25/h4-5,7,9,22H,8H2,1-3H3. The van der Waals surface area contributed by atoms with E-state index in [1.807, 2.05) is 13.8 Å². The van der Waals surface area contributed by atoms with Crippen LogP contribution in [0.15, 0.2) is 23.2 Å². The molecule has 2 heterocycles. The van der Waals surface area contributed by atoms with E-state index in [0.29, 0.717) is 0 Å². The van der Waals surface area contributed by atoms with E-state index >= 15 is 0 Å². The molecule has 0 aromatic carbocycles. The Labute approximate surface area is 153 Å². The highest BCUT2D eigenvalue weighted by Gasteiger charge is 2.40. The fourth-order valence-electron chi connectivity index (χ4n) is 1.98. The van der Waals surface area contributed by atoms with Crippen molar-refractivity contribution in [1.82, 2.24) is 14.8 Å². The summed E-state index contributed by atoms with van der Waals surface area (Å²) in [6, 6.07) is 3.82. The second kappa shape index (κ2) is 7.53. The molecule has 2 aromatic rings. The second-order valence-electron chi connectivity index (χ2n) is 6.02. The number of halogens is 3. The lowest BCUT2D eigenvalue weighted by atomic mass is 10.2. The third-order valence-corrected chi connectivity index (χ3v) is 4.31. The van der Waals surface area contributed by atoms with Crippen molar-refractivity contribution in [2.45, 2.75) is 24.9 Å². The molecule has 0 radical (unpaired) electrons. The van der Waals surface area contributed by atoms with Crippen molar-refractivity contribution in [3.63, 3.8) is 0 Å². The van der Waals surface area contributed by atoms with E-state index in [0.717, 1.165) is 17.1 Å². The Bertz CT molecular complexity index is 960. The molecule has 0 saturated heterocycles. The van der Waals surface area contributed by atoms with E-state index in [-0.39, 0.29) is 29.1 Å². The molecule has 0 aliphatic heterocycles. The topological polar surface area (TPSA) is 110 Å². The molecule has 8 nitrogen and oxygen atoms in total. The summed E-state index contributed by atoms with van der Waals surface area (Å²) < 4.78 is 63.4. The van der Waals surface area contributed by atoms with E-state index in [2.05, 4.69) is 15.6 Å². The molecular weight excluding hydrogens is 387 g/mol. The Kier molecular flexibility index (Phi) is 5.76. The zero-order valence-corrected chi connectivity index (χ0v) is 15.4. The van der Waals surface area contributed by atoms with Crippen LogP contribution in [0.25, 0.3) is 5.82 Å². The van der Waals surface area contributed by atoms with Crippen LogP contribution >= 0.6 is 0 Å². The molecule has 12 heteroatoms. The van der Waals surface area contributed by atoms with Crippen LogP contribution in [0.1, 0.15) is 25.1 Å². The van der Waals surface area contributed by atoms with E-state index in [4.69, 9.17) is 4.84 Å². The van der Waals surface area contributed by atoms with E-state index in [1.165, 1.54) is 18.2 Å². The maximum Gasteiger partial charge on any atom is 0.436 e.